The van der Waals surface area contributed by atoms with Gasteiger partial charge in [-0.05, 0) is 24.5 Å². The van der Waals surface area contributed by atoms with Crippen LogP contribution in [0.5, 0.6) is 0 Å². The standard InChI is InChI=1S/C14H20ClNO2/c1-11-5-3-4-6-12(11)7-8-14(17)16-9-13(15)10-18-2/h3-6,13H,7-10H2,1-2H3,(H,16,17). The van der Waals surface area contributed by atoms with E-state index < -0.39 is 0 Å². The first-order valence-electron chi connectivity index (χ1n) is 6.07. The van der Waals surface area contributed by atoms with E-state index in [1.54, 1.807) is 7.11 Å². The fourth-order valence-corrected chi connectivity index (χ4v) is 1.89. The number of methoxy groups -OCH3 is 1. The highest BCUT2D eigenvalue weighted by Crippen LogP contribution is 2.09. The number of aryl methyl sites for hydroxylation is 2. The molecule has 1 N–H and O–H groups in total. The predicted octanol–water partition coefficient (Wildman–Crippen LogP) is 2.30. The summed E-state index contributed by atoms with van der Waals surface area (Å²) < 4.78 is 4.90. The molecule has 100 valence electrons. The van der Waals surface area contributed by atoms with E-state index in [2.05, 4.69) is 24.4 Å². The molecular weight excluding hydrogens is 250 g/mol. The van der Waals surface area contributed by atoms with Crippen molar-refractivity contribution in [2.24, 2.45) is 0 Å². The van der Waals surface area contributed by atoms with E-state index in [4.69, 9.17) is 16.3 Å². The Bertz CT molecular complexity index is 382. The van der Waals surface area contributed by atoms with Crippen molar-refractivity contribution in [1.82, 2.24) is 5.32 Å². The number of rotatable bonds is 7. The Kier molecular flexibility index (Phi) is 6.76. The Morgan fingerprint density at radius 2 is 2.17 bits per heavy atom. The van der Waals surface area contributed by atoms with Gasteiger partial charge >= 0.3 is 0 Å². The van der Waals surface area contributed by atoms with Gasteiger partial charge in [0.05, 0.1) is 12.0 Å². The van der Waals surface area contributed by atoms with Crippen molar-refractivity contribution in [3.63, 3.8) is 0 Å². The van der Waals surface area contributed by atoms with Crippen LogP contribution in [0, 0.1) is 6.92 Å². The summed E-state index contributed by atoms with van der Waals surface area (Å²) in [6.07, 6.45) is 1.25. The Balaban J connectivity index is 2.27. The van der Waals surface area contributed by atoms with Gasteiger partial charge in [-0.25, -0.2) is 0 Å². The van der Waals surface area contributed by atoms with Crippen LogP contribution in [0.4, 0.5) is 0 Å². The molecule has 0 fully saturated rings. The number of benzene rings is 1. The molecule has 1 aromatic rings. The second-order valence-corrected chi connectivity index (χ2v) is 4.90. The summed E-state index contributed by atoms with van der Waals surface area (Å²) in [6, 6.07) is 8.11. The van der Waals surface area contributed by atoms with E-state index in [9.17, 15) is 4.79 Å². The highest BCUT2D eigenvalue weighted by Gasteiger charge is 2.07. The van der Waals surface area contributed by atoms with Crippen LogP contribution >= 0.6 is 11.6 Å². The average molecular weight is 270 g/mol. The Morgan fingerprint density at radius 1 is 1.44 bits per heavy atom. The third kappa shape index (κ3) is 5.52. The molecule has 1 atom stereocenters. The molecule has 18 heavy (non-hydrogen) atoms. The van der Waals surface area contributed by atoms with Gasteiger partial charge < -0.3 is 10.1 Å². The molecule has 0 aliphatic rings. The molecule has 0 aliphatic carbocycles. The molecule has 1 amide bonds. The third-order valence-electron chi connectivity index (χ3n) is 2.75. The van der Waals surface area contributed by atoms with E-state index in [0.29, 0.717) is 19.6 Å². The molecule has 0 spiro atoms. The van der Waals surface area contributed by atoms with Crippen LogP contribution in [0.3, 0.4) is 0 Å². The minimum atomic E-state index is -0.169. The van der Waals surface area contributed by atoms with E-state index >= 15 is 0 Å². The van der Waals surface area contributed by atoms with Crippen molar-refractivity contribution in [3.8, 4) is 0 Å². The Hall–Kier alpha value is -1.06. The second-order valence-electron chi connectivity index (χ2n) is 4.28. The number of nitrogens with one attached hydrogen (secondary N) is 1. The topological polar surface area (TPSA) is 38.3 Å². The van der Waals surface area contributed by atoms with Crippen LogP contribution in [0.15, 0.2) is 24.3 Å². The summed E-state index contributed by atoms with van der Waals surface area (Å²) in [5.41, 5.74) is 2.44. The monoisotopic (exact) mass is 269 g/mol. The Labute approximate surface area is 113 Å². The number of hydrogen-bond acceptors (Lipinski definition) is 2. The summed E-state index contributed by atoms with van der Waals surface area (Å²) in [7, 11) is 1.59. The van der Waals surface area contributed by atoms with Gasteiger partial charge in [0.25, 0.3) is 0 Å². The molecule has 0 aliphatic heterocycles. The first-order valence-corrected chi connectivity index (χ1v) is 6.51. The van der Waals surface area contributed by atoms with E-state index in [1.807, 2.05) is 12.1 Å². The molecule has 0 radical (unpaired) electrons. The van der Waals surface area contributed by atoms with Crippen LogP contribution < -0.4 is 5.32 Å². The smallest absolute Gasteiger partial charge is 0.220 e. The number of amides is 1. The van der Waals surface area contributed by atoms with Gasteiger partial charge in [-0.1, -0.05) is 24.3 Å². The maximum Gasteiger partial charge on any atom is 0.220 e. The maximum atomic E-state index is 11.6. The summed E-state index contributed by atoms with van der Waals surface area (Å²) in [5, 5.41) is 2.64. The van der Waals surface area contributed by atoms with E-state index in [-0.39, 0.29) is 11.3 Å². The highest BCUT2D eigenvalue weighted by molar-refractivity contribution is 6.21. The first-order chi connectivity index (χ1) is 8.63. The fraction of sp³-hybridized carbons (Fsp3) is 0.500. The van der Waals surface area contributed by atoms with Gasteiger partial charge in [0.2, 0.25) is 5.91 Å². The molecular formula is C14H20ClNO2. The summed E-state index contributed by atoms with van der Waals surface area (Å²) in [5.74, 6) is 0.0278. The average Bonchev–Trinajstić information content (AvgIpc) is 2.36. The van der Waals surface area contributed by atoms with Crippen LogP contribution in [-0.2, 0) is 16.0 Å². The number of alkyl halides is 1. The van der Waals surface area contributed by atoms with Crippen molar-refractivity contribution in [3.05, 3.63) is 35.4 Å². The van der Waals surface area contributed by atoms with Crippen molar-refractivity contribution >= 4 is 17.5 Å². The SMILES string of the molecule is COCC(Cl)CNC(=O)CCc1ccccc1C. The van der Waals surface area contributed by atoms with Gasteiger partial charge in [0.15, 0.2) is 0 Å². The summed E-state index contributed by atoms with van der Waals surface area (Å²) in [6.45, 7) is 2.95. The van der Waals surface area contributed by atoms with Gasteiger partial charge in [0.1, 0.15) is 0 Å². The molecule has 0 saturated heterocycles. The zero-order chi connectivity index (χ0) is 13.4. The molecule has 0 aromatic heterocycles. The zero-order valence-corrected chi connectivity index (χ0v) is 11.7. The van der Waals surface area contributed by atoms with Gasteiger partial charge in [-0.15, -0.1) is 11.6 Å². The molecule has 0 bridgehead atoms. The van der Waals surface area contributed by atoms with Crippen LogP contribution in [0.25, 0.3) is 0 Å². The van der Waals surface area contributed by atoms with Crippen LogP contribution in [0.1, 0.15) is 17.5 Å². The molecule has 3 nitrogen and oxygen atoms in total. The lowest BCUT2D eigenvalue weighted by Gasteiger charge is -2.10. The summed E-state index contributed by atoms with van der Waals surface area (Å²) in [4.78, 5) is 11.6. The normalized spacial score (nSPS) is 12.2. The quantitative estimate of drug-likeness (QED) is 0.772. The number of hydrogen-bond donors (Lipinski definition) is 1. The molecule has 4 heteroatoms. The number of carbonyl (C=O) groups excluding carboxylic acids is 1. The number of halogens is 1. The van der Waals surface area contributed by atoms with E-state index in [1.165, 1.54) is 11.1 Å². The van der Waals surface area contributed by atoms with Gasteiger partial charge in [-0.2, -0.15) is 0 Å². The van der Waals surface area contributed by atoms with Crippen molar-refractivity contribution in [2.75, 3.05) is 20.3 Å². The lowest BCUT2D eigenvalue weighted by atomic mass is 10.0. The number of ether oxygens (including phenoxy) is 1. The Morgan fingerprint density at radius 3 is 2.83 bits per heavy atom. The lowest BCUT2D eigenvalue weighted by Crippen LogP contribution is -2.31. The van der Waals surface area contributed by atoms with Crippen molar-refractivity contribution in [1.29, 1.82) is 0 Å². The molecule has 1 aromatic carbocycles. The second kappa shape index (κ2) is 8.11. The van der Waals surface area contributed by atoms with Crippen LogP contribution in [0.2, 0.25) is 0 Å². The predicted molar refractivity (Wildman–Crippen MR) is 74.0 cm³/mol. The third-order valence-corrected chi connectivity index (χ3v) is 3.03. The molecule has 1 unspecified atom stereocenters. The minimum absolute atomic E-state index is 0.0278. The van der Waals surface area contributed by atoms with Crippen LogP contribution in [-0.4, -0.2) is 31.5 Å². The van der Waals surface area contributed by atoms with Crippen molar-refractivity contribution < 1.29 is 9.53 Å². The van der Waals surface area contributed by atoms with Gasteiger partial charge in [0, 0.05) is 20.1 Å². The number of carbonyl (C=O) groups is 1. The van der Waals surface area contributed by atoms with Crippen molar-refractivity contribution in [2.45, 2.75) is 25.1 Å². The highest BCUT2D eigenvalue weighted by atomic mass is 35.5. The van der Waals surface area contributed by atoms with E-state index in [0.717, 1.165) is 6.42 Å². The molecule has 1 rings (SSSR count). The fourth-order valence-electron chi connectivity index (χ4n) is 1.69. The molecule has 0 heterocycles. The minimum Gasteiger partial charge on any atom is -0.383 e. The largest absolute Gasteiger partial charge is 0.383 e. The van der Waals surface area contributed by atoms with Gasteiger partial charge in [-0.3, -0.25) is 4.79 Å². The first kappa shape index (κ1) is 15.0. The summed E-state index contributed by atoms with van der Waals surface area (Å²) >= 11 is 5.93. The molecule has 0 saturated carbocycles. The zero-order valence-electron chi connectivity index (χ0n) is 10.9. The lowest BCUT2D eigenvalue weighted by molar-refractivity contribution is -0.121. The maximum absolute atomic E-state index is 11.6.